The molecule has 0 radical (unpaired) electrons. The van der Waals surface area contributed by atoms with Gasteiger partial charge in [0.2, 0.25) is 0 Å². The molecule has 4 aliphatic rings. The monoisotopic (exact) mass is 1070 g/mol. The quantitative estimate of drug-likeness (QED) is 0.140. The first kappa shape index (κ1) is 48.7. The molecule has 0 saturated heterocycles. The Morgan fingerprint density at radius 3 is 0.964 bits per heavy atom. The Hall–Kier alpha value is -10.0. The van der Waals surface area contributed by atoms with Gasteiger partial charge in [-0.3, -0.25) is 0 Å². The minimum absolute atomic E-state index is 0.143. The highest BCUT2D eigenvalue weighted by Crippen LogP contribution is 2.59. The van der Waals surface area contributed by atoms with Crippen LogP contribution in [0.5, 0.6) is 0 Å². The van der Waals surface area contributed by atoms with Gasteiger partial charge in [-0.25, -0.2) is 0 Å². The van der Waals surface area contributed by atoms with Crippen LogP contribution in [-0.4, -0.2) is 0 Å². The first-order valence-corrected chi connectivity index (χ1v) is 29.9. The van der Waals surface area contributed by atoms with Gasteiger partial charge < -0.3 is 9.80 Å². The third kappa shape index (κ3) is 7.36. The number of nitrogens with zero attached hydrogens (tertiary/aromatic N) is 2. The Morgan fingerprint density at radius 2 is 0.571 bits per heavy atom. The number of benzene rings is 13. The molecule has 0 fully saturated rings. The zero-order chi connectivity index (χ0) is 55.7. The van der Waals surface area contributed by atoms with E-state index in [1.807, 2.05) is 0 Å². The molecule has 17 rings (SSSR count). The number of hydrogen-bond acceptors (Lipinski definition) is 2. The molecule has 2 heteroatoms. The standard InChI is InChI=1S/C82H60N2/c1-53-29-33-55(34-30-53)79-71-43-39-63(83(61-21-5-3-6-22-61)65-37-41-69-67-25-13-15-27-75(67)81(77(69)47-65)49-57-17-9-10-18-58(57)50-81)45-73(71)74-46-64(40-44-72(74)80(79)56-35-31-54(2)32-36-56)84(62-23-7-4-8-24-62)66-38-42-70-68-26-14-16-28-76(68)82(78(70)48-66)51-59-19-11-12-20-60(59)52-82/h3-48H,49-52H2,1-2H3. The zero-order valence-electron chi connectivity index (χ0n) is 47.3. The maximum absolute atomic E-state index is 2.54. The summed E-state index contributed by atoms with van der Waals surface area (Å²) in [5, 5.41) is 4.83. The highest BCUT2D eigenvalue weighted by molar-refractivity contribution is 6.23. The van der Waals surface area contributed by atoms with E-state index in [0.29, 0.717) is 0 Å². The zero-order valence-corrected chi connectivity index (χ0v) is 47.3. The molecule has 0 aliphatic heterocycles. The molecule has 0 unspecified atom stereocenters. The fraction of sp³-hybridized carbons (Fsp3) is 0.0976. The van der Waals surface area contributed by atoms with E-state index in [1.165, 1.54) is 122 Å². The van der Waals surface area contributed by atoms with Gasteiger partial charge in [0.05, 0.1) is 0 Å². The van der Waals surface area contributed by atoms with Crippen LogP contribution in [0.4, 0.5) is 34.1 Å². The lowest BCUT2D eigenvalue weighted by molar-refractivity contribution is 0.563. The number of rotatable bonds is 8. The Kier molecular flexibility index (Phi) is 10.9. The minimum atomic E-state index is -0.143. The summed E-state index contributed by atoms with van der Waals surface area (Å²) in [6.07, 6.45) is 3.97. The van der Waals surface area contributed by atoms with Crippen molar-refractivity contribution in [3.63, 3.8) is 0 Å². The molecule has 4 aliphatic carbocycles. The lowest BCUT2D eigenvalue weighted by Crippen LogP contribution is -2.26. The highest BCUT2D eigenvalue weighted by Gasteiger charge is 2.49. The van der Waals surface area contributed by atoms with Gasteiger partial charge in [-0.2, -0.15) is 0 Å². The third-order valence-electron chi connectivity index (χ3n) is 19.5. The number of anilines is 6. The van der Waals surface area contributed by atoms with Gasteiger partial charge in [-0.05, 0) is 223 Å². The first-order valence-electron chi connectivity index (χ1n) is 29.9. The van der Waals surface area contributed by atoms with E-state index in [1.54, 1.807) is 0 Å². The summed E-state index contributed by atoms with van der Waals surface area (Å²) in [6.45, 7) is 4.37. The SMILES string of the molecule is Cc1ccc(-c2c(-c3ccc(C)cc3)c3ccc(N(c4ccccc4)c4ccc5c(c4)C4(Cc6ccccc6C4)c4ccccc4-5)cc3c3cc(N(c4ccccc4)c4ccc5c(c4)C4(Cc6ccccc6C4)c4ccccc4-5)ccc23)cc1. The third-order valence-corrected chi connectivity index (χ3v) is 19.5. The summed E-state index contributed by atoms with van der Waals surface area (Å²) >= 11 is 0. The fourth-order valence-corrected chi connectivity index (χ4v) is 15.7. The normalized spacial score (nSPS) is 14.3. The van der Waals surface area contributed by atoms with E-state index in [0.717, 1.165) is 59.8 Å². The molecule has 0 saturated carbocycles. The second kappa shape index (κ2) is 18.8. The van der Waals surface area contributed by atoms with Crippen molar-refractivity contribution < 1.29 is 0 Å². The first-order chi connectivity index (χ1) is 41.4. The Labute approximate surface area is 492 Å². The number of aryl methyl sites for hydroxylation is 2. The van der Waals surface area contributed by atoms with Gasteiger partial charge in [-0.15, -0.1) is 0 Å². The van der Waals surface area contributed by atoms with E-state index in [-0.39, 0.29) is 10.8 Å². The molecule has 0 aromatic heterocycles. The second-order valence-electron chi connectivity index (χ2n) is 24.2. The van der Waals surface area contributed by atoms with Crippen molar-refractivity contribution in [3.8, 4) is 44.5 Å². The molecule has 0 N–H and O–H groups in total. The molecule has 0 bridgehead atoms. The minimum Gasteiger partial charge on any atom is -0.310 e. The van der Waals surface area contributed by atoms with Gasteiger partial charge in [-0.1, -0.05) is 217 Å². The van der Waals surface area contributed by atoms with Gasteiger partial charge in [0.25, 0.3) is 0 Å². The van der Waals surface area contributed by atoms with Crippen molar-refractivity contribution in [2.45, 2.75) is 50.4 Å². The summed E-state index contributed by atoms with van der Waals surface area (Å²) in [4.78, 5) is 5.01. The fourth-order valence-electron chi connectivity index (χ4n) is 15.7. The van der Waals surface area contributed by atoms with Crippen molar-refractivity contribution in [3.05, 3.63) is 335 Å². The summed E-state index contributed by atoms with van der Waals surface area (Å²) in [6, 6.07) is 106. The maximum Gasteiger partial charge on any atom is 0.0468 e. The molecule has 2 nitrogen and oxygen atoms in total. The highest BCUT2D eigenvalue weighted by atomic mass is 15.1. The average Bonchev–Trinajstić information content (AvgIpc) is 1.81. The molecule has 0 amide bonds. The molecule has 13 aromatic rings. The van der Waals surface area contributed by atoms with Gasteiger partial charge in [0, 0.05) is 45.0 Å². The van der Waals surface area contributed by atoms with E-state index in [9.17, 15) is 0 Å². The van der Waals surface area contributed by atoms with Crippen LogP contribution in [-0.2, 0) is 36.5 Å². The number of para-hydroxylation sites is 2. The van der Waals surface area contributed by atoms with Gasteiger partial charge in [0.15, 0.2) is 0 Å². The van der Waals surface area contributed by atoms with Crippen LogP contribution in [0.1, 0.15) is 55.6 Å². The molecule has 2 spiro atoms. The van der Waals surface area contributed by atoms with Crippen LogP contribution < -0.4 is 9.80 Å². The predicted octanol–water partition coefficient (Wildman–Crippen LogP) is 21.0. The van der Waals surface area contributed by atoms with Crippen molar-refractivity contribution in [1.82, 2.24) is 0 Å². The maximum atomic E-state index is 2.54. The smallest absolute Gasteiger partial charge is 0.0468 e. The van der Waals surface area contributed by atoms with Crippen LogP contribution >= 0.6 is 0 Å². The largest absolute Gasteiger partial charge is 0.310 e. The van der Waals surface area contributed by atoms with E-state index in [2.05, 4.69) is 303 Å². The topological polar surface area (TPSA) is 6.48 Å². The summed E-state index contributed by atoms with van der Waals surface area (Å²) in [5.74, 6) is 0. The Morgan fingerprint density at radius 1 is 0.250 bits per heavy atom. The summed E-state index contributed by atoms with van der Waals surface area (Å²) < 4.78 is 0. The van der Waals surface area contributed by atoms with Crippen LogP contribution in [0.2, 0.25) is 0 Å². The van der Waals surface area contributed by atoms with E-state index in [4.69, 9.17) is 0 Å². The van der Waals surface area contributed by atoms with Gasteiger partial charge >= 0.3 is 0 Å². The molecule has 0 atom stereocenters. The number of hydrogen-bond donors (Lipinski definition) is 0. The molecule has 84 heavy (non-hydrogen) atoms. The van der Waals surface area contributed by atoms with Crippen molar-refractivity contribution in [1.29, 1.82) is 0 Å². The molecular weight excluding hydrogens is 1010 g/mol. The summed E-state index contributed by atoms with van der Waals surface area (Å²) in [5.41, 5.74) is 30.8. The van der Waals surface area contributed by atoms with E-state index < -0.39 is 0 Å². The molecular formula is C82H60N2. The lowest BCUT2D eigenvalue weighted by atomic mass is 9.75. The van der Waals surface area contributed by atoms with Crippen molar-refractivity contribution >= 4 is 55.7 Å². The van der Waals surface area contributed by atoms with Crippen molar-refractivity contribution in [2.24, 2.45) is 0 Å². The van der Waals surface area contributed by atoms with Crippen LogP contribution in [0, 0.1) is 13.8 Å². The van der Waals surface area contributed by atoms with Gasteiger partial charge in [0.1, 0.15) is 0 Å². The second-order valence-corrected chi connectivity index (χ2v) is 24.2. The molecule has 398 valence electrons. The van der Waals surface area contributed by atoms with Crippen LogP contribution in [0.3, 0.4) is 0 Å². The van der Waals surface area contributed by atoms with Crippen LogP contribution in [0.25, 0.3) is 66.1 Å². The summed E-state index contributed by atoms with van der Waals surface area (Å²) in [7, 11) is 0. The number of fused-ring (bicyclic) bond motifs is 15. The Balaban J connectivity index is 0.906. The average molecular weight is 1070 g/mol. The van der Waals surface area contributed by atoms with Crippen molar-refractivity contribution in [2.75, 3.05) is 9.80 Å². The predicted molar refractivity (Wildman–Crippen MR) is 351 cm³/mol. The van der Waals surface area contributed by atoms with E-state index >= 15 is 0 Å². The Bertz CT molecular complexity index is 4450. The molecule has 0 heterocycles. The molecule has 13 aromatic carbocycles. The van der Waals surface area contributed by atoms with Crippen LogP contribution in [0.15, 0.2) is 279 Å². The lowest BCUT2D eigenvalue weighted by Gasteiger charge is -2.31.